The first-order chi connectivity index (χ1) is 15.8. The van der Waals surface area contributed by atoms with Crippen LogP contribution >= 0.6 is 11.6 Å². The highest BCUT2D eigenvalue weighted by atomic mass is 35.5. The molecule has 0 saturated carbocycles. The van der Waals surface area contributed by atoms with Crippen LogP contribution in [0.15, 0.2) is 36.4 Å². The third-order valence-electron chi connectivity index (χ3n) is 4.26. The number of nitro groups is 1. The van der Waals surface area contributed by atoms with Crippen molar-refractivity contribution in [3.63, 3.8) is 0 Å². The van der Waals surface area contributed by atoms with Crippen molar-refractivity contribution < 1.29 is 46.6 Å². The van der Waals surface area contributed by atoms with Gasteiger partial charge in [0.2, 0.25) is 5.75 Å². The number of esters is 2. The molecule has 184 valence electrons. The molecule has 2 aromatic carbocycles. The Kier molecular flexibility index (Phi) is 8.32. The highest BCUT2D eigenvalue weighted by Gasteiger charge is 2.48. The largest absolute Gasteiger partial charge is 0.463 e. The second-order valence-corrected chi connectivity index (χ2v) is 7.12. The summed E-state index contributed by atoms with van der Waals surface area (Å²) in [4.78, 5) is 35.5. The Morgan fingerprint density at radius 1 is 1.00 bits per heavy atom. The maximum absolute atomic E-state index is 12.8. The fourth-order valence-electron chi connectivity index (χ4n) is 2.60. The Hall–Kier alpha value is -3.54. The molecule has 0 spiro atoms. The molecule has 0 unspecified atom stereocenters. The maximum Gasteiger partial charge on any atom is 0.416 e. The van der Waals surface area contributed by atoms with Gasteiger partial charge in [0.25, 0.3) is 5.60 Å². The molecule has 0 N–H and O–H groups in total. The number of hydrogen-bond acceptors (Lipinski definition) is 8. The number of nitro benzene ring substituents is 1. The number of nitrogens with zero attached hydrogens (tertiary/aromatic N) is 1. The number of rotatable bonds is 9. The van der Waals surface area contributed by atoms with Gasteiger partial charge in [-0.15, -0.1) is 0 Å². The smallest absolute Gasteiger partial charge is 0.416 e. The van der Waals surface area contributed by atoms with Gasteiger partial charge in [-0.3, -0.25) is 10.1 Å². The Labute approximate surface area is 196 Å². The summed E-state index contributed by atoms with van der Waals surface area (Å²) >= 11 is 5.88. The molecule has 0 radical (unpaired) electrons. The molecule has 2 rings (SSSR count). The van der Waals surface area contributed by atoms with Gasteiger partial charge in [-0.05, 0) is 45.0 Å². The summed E-state index contributed by atoms with van der Waals surface area (Å²) < 4.78 is 59.1. The zero-order valence-corrected chi connectivity index (χ0v) is 18.9. The molecule has 34 heavy (non-hydrogen) atoms. The number of benzene rings is 2. The van der Waals surface area contributed by atoms with Crippen LogP contribution in [0.3, 0.4) is 0 Å². The summed E-state index contributed by atoms with van der Waals surface area (Å²) in [6, 6.07) is 5.42. The quantitative estimate of drug-likeness (QED) is 0.194. The lowest BCUT2D eigenvalue weighted by molar-refractivity contribution is -0.386. The lowest BCUT2D eigenvalue weighted by Gasteiger charge is -2.26. The molecular weight excluding hydrogens is 487 g/mol. The van der Waals surface area contributed by atoms with E-state index < -0.39 is 45.6 Å². The van der Waals surface area contributed by atoms with Crippen molar-refractivity contribution in [1.29, 1.82) is 0 Å². The predicted octanol–water partition coefficient (Wildman–Crippen LogP) is 5.32. The first kappa shape index (κ1) is 26.7. The first-order valence-corrected chi connectivity index (χ1v) is 10.1. The Morgan fingerprint density at radius 3 is 2.06 bits per heavy atom. The van der Waals surface area contributed by atoms with Gasteiger partial charge in [0.15, 0.2) is 0 Å². The number of hydrogen-bond donors (Lipinski definition) is 0. The lowest BCUT2D eigenvalue weighted by Crippen LogP contribution is -2.51. The van der Waals surface area contributed by atoms with Crippen LogP contribution < -0.4 is 9.47 Å². The summed E-state index contributed by atoms with van der Waals surface area (Å²) in [7, 11) is 0. The number of ether oxygens (including phenoxy) is 4. The molecule has 0 heterocycles. The topological polar surface area (TPSA) is 114 Å². The van der Waals surface area contributed by atoms with E-state index in [0.717, 1.165) is 37.3 Å². The summed E-state index contributed by atoms with van der Waals surface area (Å²) in [6.07, 6.45) is -4.62. The fourth-order valence-corrected chi connectivity index (χ4v) is 2.82. The minimum absolute atomic E-state index is 0.116. The molecule has 0 saturated heterocycles. The summed E-state index contributed by atoms with van der Waals surface area (Å²) in [6.45, 7) is 3.75. The summed E-state index contributed by atoms with van der Waals surface area (Å²) in [5.74, 6) is -3.20. The molecule has 0 aliphatic rings. The normalized spacial score (nSPS) is 11.5. The highest BCUT2D eigenvalue weighted by Crippen LogP contribution is 2.39. The predicted molar refractivity (Wildman–Crippen MR) is 112 cm³/mol. The number of carbonyl (C=O) groups excluding carboxylic acids is 2. The van der Waals surface area contributed by atoms with Crippen molar-refractivity contribution in [2.75, 3.05) is 13.2 Å². The zero-order chi connectivity index (χ0) is 25.7. The zero-order valence-electron chi connectivity index (χ0n) is 18.1. The van der Waals surface area contributed by atoms with Gasteiger partial charge in [0.1, 0.15) is 11.5 Å². The van der Waals surface area contributed by atoms with Gasteiger partial charge < -0.3 is 18.9 Å². The molecule has 0 aliphatic heterocycles. The second kappa shape index (κ2) is 10.6. The Balaban J connectivity index is 2.47. The third kappa shape index (κ3) is 6.07. The summed E-state index contributed by atoms with van der Waals surface area (Å²) in [5, 5.41) is 11.1. The van der Waals surface area contributed by atoms with Crippen molar-refractivity contribution in [3.05, 3.63) is 57.1 Å². The maximum atomic E-state index is 12.8. The molecule has 0 atom stereocenters. The summed E-state index contributed by atoms with van der Waals surface area (Å²) in [5.41, 5.74) is -4.04. The van der Waals surface area contributed by atoms with Crippen molar-refractivity contribution in [3.8, 4) is 17.2 Å². The number of alkyl halides is 3. The third-order valence-corrected chi connectivity index (χ3v) is 4.55. The fraction of sp³-hybridized carbons (Fsp3) is 0.333. The molecule has 0 bridgehead atoms. The van der Waals surface area contributed by atoms with Gasteiger partial charge in [-0.1, -0.05) is 11.6 Å². The molecule has 13 heteroatoms. The van der Waals surface area contributed by atoms with E-state index in [1.54, 1.807) is 0 Å². The van der Waals surface area contributed by atoms with Crippen LogP contribution in [0.4, 0.5) is 18.9 Å². The van der Waals surface area contributed by atoms with Crippen LogP contribution in [-0.2, 0) is 25.2 Å². The van der Waals surface area contributed by atoms with Crippen molar-refractivity contribution in [2.45, 2.75) is 32.5 Å². The van der Waals surface area contributed by atoms with Crippen LogP contribution in [0.5, 0.6) is 17.2 Å². The molecule has 2 aromatic rings. The first-order valence-electron chi connectivity index (χ1n) is 9.70. The lowest BCUT2D eigenvalue weighted by atomic mass is 10.1. The molecule has 0 aromatic heterocycles. The average Bonchev–Trinajstić information content (AvgIpc) is 2.74. The average molecular weight is 506 g/mol. The minimum Gasteiger partial charge on any atom is -0.463 e. The van der Waals surface area contributed by atoms with E-state index in [4.69, 9.17) is 30.5 Å². The van der Waals surface area contributed by atoms with Gasteiger partial charge in [-0.25, -0.2) is 9.59 Å². The highest BCUT2D eigenvalue weighted by molar-refractivity contribution is 6.32. The van der Waals surface area contributed by atoms with E-state index in [9.17, 15) is 32.9 Å². The van der Waals surface area contributed by atoms with Gasteiger partial charge in [0, 0.05) is 12.1 Å². The molecular formula is C21H19ClF3NO8. The van der Waals surface area contributed by atoms with Crippen molar-refractivity contribution >= 4 is 29.2 Å². The molecule has 0 fully saturated rings. The van der Waals surface area contributed by atoms with Crippen LogP contribution in [0.2, 0.25) is 5.02 Å². The molecule has 0 amide bonds. The number of halogens is 4. The molecule has 0 aliphatic carbocycles. The van der Waals surface area contributed by atoms with Crippen LogP contribution in [0, 0.1) is 10.1 Å². The van der Waals surface area contributed by atoms with Crippen molar-refractivity contribution in [2.24, 2.45) is 0 Å². The SMILES string of the molecule is CCOC(=O)C(C)(Oc1cc(Oc2ccc(C(F)(F)F)cc2Cl)ccc1[N+](=O)[O-])C(=O)OCC. The van der Waals surface area contributed by atoms with E-state index in [-0.39, 0.29) is 29.7 Å². The number of carbonyl (C=O) groups is 2. The van der Waals surface area contributed by atoms with Gasteiger partial charge in [-0.2, -0.15) is 13.2 Å². The van der Waals surface area contributed by atoms with E-state index in [0.29, 0.717) is 6.07 Å². The standard InChI is InChI=1S/C21H19ClF3NO8/c1-4-31-18(27)20(3,19(28)32-5-2)34-17-11-13(7-8-15(17)26(29)30)33-16-9-6-12(10-14(16)22)21(23,24)25/h6-11H,4-5H2,1-3H3. The second-order valence-electron chi connectivity index (χ2n) is 6.71. The monoisotopic (exact) mass is 505 g/mol. The van der Waals surface area contributed by atoms with E-state index in [1.807, 2.05) is 0 Å². The van der Waals surface area contributed by atoms with Crippen LogP contribution in [0.25, 0.3) is 0 Å². The van der Waals surface area contributed by atoms with E-state index in [1.165, 1.54) is 13.8 Å². The Bertz CT molecular complexity index is 1070. The Morgan fingerprint density at radius 2 is 1.59 bits per heavy atom. The van der Waals surface area contributed by atoms with Gasteiger partial charge in [0.05, 0.1) is 28.7 Å². The van der Waals surface area contributed by atoms with Gasteiger partial charge >= 0.3 is 23.8 Å². The minimum atomic E-state index is -4.62. The van der Waals surface area contributed by atoms with Crippen molar-refractivity contribution in [1.82, 2.24) is 0 Å². The van der Waals surface area contributed by atoms with Crippen LogP contribution in [0.1, 0.15) is 26.3 Å². The molecule has 9 nitrogen and oxygen atoms in total. The van der Waals surface area contributed by atoms with Crippen LogP contribution in [-0.4, -0.2) is 35.7 Å². The van der Waals surface area contributed by atoms with E-state index >= 15 is 0 Å². The van der Waals surface area contributed by atoms with E-state index in [2.05, 4.69) is 0 Å².